The molecule has 27 heavy (non-hydrogen) atoms. The fraction of sp³-hybridized carbons (Fsp3) is 0.368. The number of likely N-dealkylation sites (N-methyl/N-ethyl adjacent to an activating group) is 1. The van der Waals surface area contributed by atoms with Gasteiger partial charge in [-0.3, -0.25) is 9.48 Å². The SMILES string of the molecule is CCOc1cccc2cc(C(C)NC(=O)C(NC)c3cnn(C)c3)oc12.Cl. The highest BCUT2D eigenvalue weighted by atomic mass is 35.5. The van der Waals surface area contributed by atoms with Crippen LogP contribution in [0.4, 0.5) is 0 Å². The van der Waals surface area contributed by atoms with Crippen molar-refractivity contribution in [2.45, 2.75) is 25.9 Å². The predicted octanol–water partition coefficient (Wildman–Crippen LogP) is 3.12. The molecule has 3 aromatic rings. The lowest BCUT2D eigenvalue weighted by molar-refractivity contribution is -0.123. The van der Waals surface area contributed by atoms with Crippen LogP contribution < -0.4 is 15.4 Å². The topological polar surface area (TPSA) is 81.3 Å². The van der Waals surface area contributed by atoms with Gasteiger partial charge in [0.2, 0.25) is 5.91 Å². The lowest BCUT2D eigenvalue weighted by Gasteiger charge is -2.17. The van der Waals surface area contributed by atoms with Crippen LogP contribution in [0.2, 0.25) is 0 Å². The Morgan fingerprint density at radius 2 is 2.19 bits per heavy atom. The van der Waals surface area contributed by atoms with E-state index < -0.39 is 6.04 Å². The average molecular weight is 393 g/mol. The number of hydrogen-bond acceptors (Lipinski definition) is 5. The van der Waals surface area contributed by atoms with E-state index in [4.69, 9.17) is 9.15 Å². The maximum Gasteiger partial charge on any atom is 0.242 e. The molecular weight excluding hydrogens is 368 g/mol. The van der Waals surface area contributed by atoms with Crippen molar-refractivity contribution in [2.24, 2.45) is 7.05 Å². The van der Waals surface area contributed by atoms with Crippen molar-refractivity contribution in [3.05, 3.63) is 48.0 Å². The lowest BCUT2D eigenvalue weighted by atomic mass is 10.1. The van der Waals surface area contributed by atoms with Crippen LogP contribution in [0.5, 0.6) is 5.75 Å². The molecule has 0 bridgehead atoms. The van der Waals surface area contributed by atoms with E-state index in [1.165, 1.54) is 0 Å². The molecule has 2 heterocycles. The predicted molar refractivity (Wildman–Crippen MR) is 106 cm³/mol. The third kappa shape index (κ3) is 4.43. The van der Waals surface area contributed by atoms with Gasteiger partial charge in [0.25, 0.3) is 0 Å². The van der Waals surface area contributed by atoms with Gasteiger partial charge >= 0.3 is 0 Å². The van der Waals surface area contributed by atoms with E-state index in [-0.39, 0.29) is 24.4 Å². The van der Waals surface area contributed by atoms with Gasteiger partial charge < -0.3 is 19.8 Å². The molecule has 0 saturated carbocycles. The minimum absolute atomic E-state index is 0. The molecule has 0 aliphatic heterocycles. The molecule has 7 nitrogen and oxygen atoms in total. The molecule has 8 heteroatoms. The van der Waals surface area contributed by atoms with Crippen LogP contribution in [0, 0.1) is 0 Å². The summed E-state index contributed by atoms with van der Waals surface area (Å²) in [6.45, 7) is 4.39. The van der Waals surface area contributed by atoms with Crippen molar-refractivity contribution in [2.75, 3.05) is 13.7 Å². The third-order valence-electron chi connectivity index (χ3n) is 4.22. The molecule has 2 N–H and O–H groups in total. The van der Waals surface area contributed by atoms with Crippen LogP contribution in [-0.2, 0) is 11.8 Å². The first kappa shape index (κ1) is 20.8. The Labute approximate surface area is 164 Å². The largest absolute Gasteiger partial charge is 0.490 e. The fourth-order valence-corrected chi connectivity index (χ4v) is 2.95. The van der Waals surface area contributed by atoms with Crippen LogP contribution in [0.3, 0.4) is 0 Å². The highest BCUT2D eigenvalue weighted by Gasteiger charge is 2.23. The zero-order valence-corrected chi connectivity index (χ0v) is 16.7. The molecule has 3 rings (SSSR count). The molecular formula is C19H25ClN4O3. The summed E-state index contributed by atoms with van der Waals surface area (Å²) in [6.07, 6.45) is 3.50. The summed E-state index contributed by atoms with van der Waals surface area (Å²) in [5, 5.41) is 11.1. The first-order valence-corrected chi connectivity index (χ1v) is 8.65. The zero-order valence-electron chi connectivity index (χ0n) is 15.9. The number of nitrogens with one attached hydrogen (secondary N) is 2. The van der Waals surface area contributed by atoms with Gasteiger partial charge in [0.1, 0.15) is 11.8 Å². The van der Waals surface area contributed by atoms with E-state index >= 15 is 0 Å². The first-order chi connectivity index (χ1) is 12.5. The van der Waals surface area contributed by atoms with Gasteiger partial charge in [0.05, 0.1) is 18.8 Å². The highest BCUT2D eigenvalue weighted by Crippen LogP contribution is 2.31. The number of furan rings is 1. The molecule has 2 atom stereocenters. The molecule has 0 saturated heterocycles. The number of fused-ring (bicyclic) bond motifs is 1. The number of amides is 1. The maximum absolute atomic E-state index is 12.7. The Morgan fingerprint density at radius 1 is 1.41 bits per heavy atom. The minimum Gasteiger partial charge on any atom is -0.490 e. The zero-order chi connectivity index (χ0) is 18.7. The number of carbonyl (C=O) groups is 1. The van der Waals surface area contributed by atoms with Gasteiger partial charge in [-0.05, 0) is 33.0 Å². The second-order valence-electron chi connectivity index (χ2n) is 6.16. The Hall–Kier alpha value is -2.51. The Kier molecular flexibility index (Phi) is 6.87. The number of benzene rings is 1. The van der Waals surface area contributed by atoms with Crippen LogP contribution in [0.1, 0.15) is 37.3 Å². The number of nitrogens with zero attached hydrogens (tertiary/aromatic N) is 2. The molecule has 0 spiro atoms. The highest BCUT2D eigenvalue weighted by molar-refractivity contribution is 5.86. The van der Waals surface area contributed by atoms with Crippen molar-refractivity contribution in [3.63, 3.8) is 0 Å². The first-order valence-electron chi connectivity index (χ1n) is 8.65. The fourth-order valence-electron chi connectivity index (χ4n) is 2.95. The summed E-state index contributed by atoms with van der Waals surface area (Å²) >= 11 is 0. The van der Waals surface area contributed by atoms with E-state index in [1.807, 2.05) is 51.4 Å². The van der Waals surface area contributed by atoms with Gasteiger partial charge in [0, 0.05) is 24.2 Å². The van der Waals surface area contributed by atoms with Crippen molar-refractivity contribution in [1.82, 2.24) is 20.4 Å². The second kappa shape index (κ2) is 8.92. The van der Waals surface area contributed by atoms with Crippen molar-refractivity contribution >= 4 is 29.3 Å². The van der Waals surface area contributed by atoms with Gasteiger partial charge in [-0.15, -0.1) is 12.4 Å². The molecule has 146 valence electrons. The average Bonchev–Trinajstić information content (AvgIpc) is 3.23. The molecule has 1 aromatic carbocycles. The summed E-state index contributed by atoms with van der Waals surface area (Å²) in [4.78, 5) is 12.7. The molecule has 1 amide bonds. The van der Waals surface area contributed by atoms with E-state index in [0.717, 1.165) is 10.9 Å². The van der Waals surface area contributed by atoms with Gasteiger partial charge in [-0.1, -0.05) is 12.1 Å². The van der Waals surface area contributed by atoms with Gasteiger partial charge in [-0.25, -0.2) is 0 Å². The van der Waals surface area contributed by atoms with Crippen molar-refractivity contribution < 1.29 is 13.9 Å². The van der Waals surface area contributed by atoms with Crippen molar-refractivity contribution in [3.8, 4) is 5.75 Å². The summed E-state index contributed by atoms with van der Waals surface area (Å²) in [5.41, 5.74) is 1.51. The standard InChI is InChI=1S/C19H24N4O3.ClH/c1-5-25-15-8-6-7-13-9-16(26-18(13)15)12(2)22-19(24)17(20-3)14-10-21-23(4)11-14;/h6-12,17,20H,5H2,1-4H3,(H,22,24);1H. The van der Waals surface area contributed by atoms with E-state index in [2.05, 4.69) is 15.7 Å². The van der Waals surface area contributed by atoms with Crippen LogP contribution in [-0.4, -0.2) is 29.3 Å². The van der Waals surface area contributed by atoms with Crippen molar-refractivity contribution in [1.29, 1.82) is 0 Å². The van der Waals surface area contributed by atoms with E-state index in [1.54, 1.807) is 17.9 Å². The quantitative estimate of drug-likeness (QED) is 0.645. The van der Waals surface area contributed by atoms with Crippen LogP contribution >= 0.6 is 12.4 Å². The number of aromatic nitrogens is 2. The number of para-hydroxylation sites is 1. The Morgan fingerprint density at radius 3 is 2.81 bits per heavy atom. The number of rotatable bonds is 7. The van der Waals surface area contributed by atoms with Crippen LogP contribution in [0.25, 0.3) is 11.0 Å². The number of carbonyl (C=O) groups excluding carboxylic acids is 1. The normalized spacial score (nSPS) is 13.0. The monoisotopic (exact) mass is 392 g/mol. The lowest BCUT2D eigenvalue weighted by Crippen LogP contribution is -2.37. The third-order valence-corrected chi connectivity index (χ3v) is 4.22. The molecule has 0 radical (unpaired) electrons. The summed E-state index contributed by atoms with van der Waals surface area (Å²) in [6, 6.07) is 6.94. The number of aryl methyl sites for hydroxylation is 1. The molecule has 2 aromatic heterocycles. The van der Waals surface area contributed by atoms with E-state index in [0.29, 0.717) is 23.7 Å². The smallest absolute Gasteiger partial charge is 0.242 e. The molecule has 0 fully saturated rings. The van der Waals surface area contributed by atoms with Gasteiger partial charge in [0.15, 0.2) is 11.3 Å². The van der Waals surface area contributed by atoms with Crippen LogP contribution in [0.15, 0.2) is 41.1 Å². The number of hydrogen-bond donors (Lipinski definition) is 2. The second-order valence-corrected chi connectivity index (χ2v) is 6.16. The molecule has 0 aliphatic rings. The molecule has 0 aliphatic carbocycles. The summed E-state index contributed by atoms with van der Waals surface area (Å²) in [5.74, 6) is 1.25. The summed E-state index contributed by atoms with van der Waals surface area (Å²) < 4.78 is 13.2. The van der Waals surface area contributed by atoms with E-state index in [9.17, 15) is 4.79 Å². The summed E-state index contributed by atoms with van der Waals surface area (Å²) in [7, 11) is 3.57. The van der Waals surface area contributed by atoms with Gasteiger partial charge in [-0.2, -0.15) is 5.10 Å². The molecule has 2 unspecified atom stereocenters. The Bertz CT molecular complexity index is 905. The maximum atomic E-state index is 12.7. The minimum atomic E-state index is -0.477. The number of ether oxygens (including phenoxy) is 1. The number of halogens is 1. The Balaban J connectivity index is 0.00000261.